The number of nitrogens with zero attached hydrogens (tertiary/aromatic N) is 2. The number of nitrogens with one attached hydrogen (secondary N) is 1. The van der Waals surface area contributed by atoms with Crippen molar-refractivity contribution in [3.63, 3.8) is 0 Å². The van der Waals surface area contributed by atoms with Crippen molar-refractivity contribution in [3.8, 4) is 11.5 Å². The maximum absolute atomic E-state index is 11.8. The van der Waals surface area contributed by atoms with Gasteiger partial charge in [0.15, 0.2) is 18.1 Å². The van der Waals surface area contributed by atoms with Crippen LogP contribution in [0.1, 0.15) is 10.6 Å². The second-order valence-electron chi connectivity index (χ2n) is 3.90. The third kappa shape index (κ3) is 3.92. The van der Waals surface area contributed by atoms with Gasteiger partial charge in [-0.3, -0.25) is 10.1 Å². The molecule has 22 heavy (non-hydrogen) atoms. The van der Waals surface area contributed by atoms with Gasteiger partial charge < -0.3 is 14.2 Å². The van der Waals surface area contributed by atoms with Crippen molar-refractivity contribution in [1.82, 2.24) is 9.36 Å². The van der Waals surface area contributed by atoms with E-state index in [2.05, 4.69) is 19.4 Å². The molecule has 2 aromatic rings. The number of esters is 1. The van der Waals surface area contributed by atoms with Crippen LogP contribution in [0.5, 0.6) is 11.5 Å². The summed E-state index contributed by atoms with van der Waals surface area (Å²) in [7, 11) is 2.74. The van der Waals surface area contributed by atoms with Crippen LogP contribution in [-0.2, 0) is 9.53 Å². The van der Waals surface area contributed by atoms with Crippen LogP contribution in [0.2, 0.25) is 0 Å². The first-order valence-corrected chi connectivity index (χ1v) is 6.89. The van der Waals surface area contributed by atoms with Crippen molar-refractivity contribution in [2.24, 2.45) is 0 Å². The molecule has 2 rings (SSSR count). The van der Waals surface area contributed by atoms with E-state index in [-0.39, 0.29) is 17.6 Å². The Balaban J connectivity index is 1.90. The molecule has 0 saturated carbocycles. The standard InChI is InChI=1S/C13H13N3O5S/c1-19-8-5-3-4-6-9(8)21-7-10(17)14-13-15-11(16-22-13)12(18)20-2/h3-6H,7H2,1-2H3,(H,14,15,16,17). The predicted molar refractivity (Wildman–Crippen MR) is 78.4 cm³/mol. The van der Waals surface area contributed by atoms with Gasteiger partial charge in [-0.05, 0) is 12.1 Å². The molecule has 0 atom stereocenters. The van der Waals surface area contributed by atoms with E-state index in [0.717, 1.165) is 11.5 Å². The summed E-state index contributed by atoms with van der Waals surface area (Å²) in [5.41, 5.74) is 0. The Labute approximate surface area is 130 Å². The van der Waals surface area contributed by atoms with Gasteiger partial charge in [0.25, 0.3) is 11.7 Å². The van der Waals surface area contributed by atoms with Gasteiger partial charge >= 0.3 is 5.97 Å². The number of anilines is 1. The second kappa shape index (κ2) is 7.36. The highest BCUT2D eigenvalue weighted by Gasteiger charge is 2.15. The molecule has 0 bridgehead atoms. The molecular weight excluding hydrogens is 310 g/mol. The zero-order valence-electron chi connectivity index (χ0n) is 11.9. The second-order valence-corrected chi connectivity index (χ2v) is 4.65. The number of hydrogen-bond acceptors (Lipinski definition) is 8. The molecule has 1 aromatic heterocycles. The minimum Gasteiger partial charge on any atom is -0.493 e. The molecule has 0 saturated heterocycles. The van der Waals surface area contributed by atoms with E-state index >= 15 is 0 Å². The van der Waals surface area contributed by atoms with Crippen LogP contribution in [-0.4, -0.2) is 42.1 Å². The average molecular weight is 323 g/mol. The Morgan fingerprint density at radius 1 is 1.23 bits per heavy atom. The molecule has 0 spiro atoms. The molecule has 0 fully saturated rings. The van der Waals surface area contributed by atoms with Crippen LogP contribution < -0.4 is 14.8 Å². The largest absolute Gasteiger partial charge is 0.493 e. The maximum atomic E-state index is 11.8. The number of methoxy groups -OCH3 is 2. The van der Waals surface area contributed by atoms with E-state index in [1.807, 2.05) is 0 Å². The molecule has 9 heteroatoms. The van der Waals surface area contributed by atoms with Gasteiger partial charge in [-0.2, -0.15) is 9.36 Å². The van der Waals surface area contributed by atoms with E-state index in [9.17, 15) is 9.59 Å². The van der Waals surface area contributed by atoms with Gasteiger partial charge in [-0.1, -0.05) is 12.1 Å². The summed E-state index contributed by atoms with van der Waals surface area (Å²) in [5.74, 6) is -0.221. The maximum Gasteiger partial charge on any atom is 0.377 e. The Morgan fingerprint density at radius 2 is 1.95 bits per heavy atom. The Hall–Kier alpha value is -2.68. The van der Waals surface area contributed by atoms with Gasteiger partial charge in [-0.25, -0.2) is 4.79 Å². The minimum absolute atomic E-state index is 0.103. The molecule has 1 N–H and O–H groups in total. The van der Waals surface area contributed by atoms with Crippen molar-refractivity contribution >= 4 is 28.5 Å². The van der Waals surface area contributed by atoms with E-state index in [0.29, 0.717) is 11.5 Å². The number of aromatic nitrogens is 2. The SMILES string of the molecule is COC(=O)c1nsc(NC(=O)COc2ccccc2OC)n1. The van der Waals surface area contributed by atoms with Gasteiger partial charge in [-0.15, -0.1) is 0 Å². The quantitative estimate of drug-likeness (QED) is 0.801. The molecule has 116 valence electrons. The fourth-order valence-electron chi connectivity index (χ4n) is 1.49. The van der Waals surface area contributed by atoms with Crippen molar-refractivity contribution in [2.45, 2.75) is 0 Å². The first-order chi connectivity index (χ1) is 10.6. The van der Waals surface area contributed by atoms with Crippen LogP contribution in [0, 0.1) is 0 Å². The summed E-state index contributed by atoms with van der Waals surface area (Å²) in [6.07, 6.45) is 0. The van der Waals surface area contributed by atoms with Crippen molar-refractivity contribution in [1.29, 1.82) is 0 Å². The average Bonchev–Trinajstić information content (AvgIpc) is 3.00. The van der Waals surface area contributed by atoms with E-state index < -0.39 is 11.9 Å². The molecule has 0 aliphatic rings. The summed E-state index contributed by atoms with van der Waals surface area (Å²) < 4.78 is 18.7. The van der Waals surface area contributed by atoms with Gasteiger partial charge in [0.2, 0.25) is 5.13 Å². The summed E-state index contributed by atoms with van der Waals surface area (Å²) in [5, 5.41) is 2.67. The monoisotopic (exact) mass is 323 g/mol. The van der Waals surface area contributed by atoms with Gasteiger partial charge in [0.1, 0.15) is 0 Å². The lowest BCUT2D eigenvalue weighted by molar-refractivity contribution is -0.118. The summed E-state index contributed by atoms with van der Waals surface area (Å²) >= 11 is 0.877. The number of carbonyl (C=O) groups is 2. The molecule has 0 unspecified atom stereocenters. The number of benzene rings is 1. The minimum atomic E-state index is -0.665. The number of rotatable bonds is 6. The Morgan fingerprint density at radius 3 is 2.64 bits per heavy atom. The molecule has 0 aliphatic carbocycles. The topological polar surface area (TPSA) is 99.6 Å². The molecule has 1 amide bonds. The Kier molecular flexibility index (Phi) is 5.26. The normalized spacial score (nSPS) is 9.91. The summed E-state index contributed by atoms with van der Waals surface area (Å²) in [4.78, 5) is 26.8. The highest BCUT2D eigenvalue weighted by atomic mass is 32.1. The van der Waals surface area contributed by atoms with E-state index in [1.54, 1.807) is 24.3 Å². The zero-order chi connectivity index (χ0) is 15.9. The number of amides is 1. The lowest BCUT2D eigenvalue weighted by atomic mass is 10.3. The smallest absolute Gasteiger partial charge is 0.377 e. The van der Waals surface area contributed by atoms with E-state index in [1.165, 1.54) is 14.2 Å². The third-order valence-electron chi connectivity index (χ3n) is 2.47. The molecule has 1 aromatic carbocycles. The van der Waals surface area contributed by atoms with Crippen molar-refractivity contribution < 1.29 is 23.8 Å². The van der Waals surface area contributed by atoms with Gasteiger partial charge in [0, 0.05) is 11.5 Å². The van der Waals surface area contributed by atoms with Crippen LogP contribution in [0.3, 0.4) is 0 Å². The first-order valence-electron chi connectivity index (χ1n) is 6.11. The van der Waals surface area contributed by atoms with Crippen LogP contribution in [0.4, 0.5) is 5.13 Å². The van der Waals surface area contributed by atoms with Crippen molar-refractivity contribution in [2.75, 3.05) is 26.1 Å². The highest BCUT2D eigenvalue weighted by molar-refractivity contribution is 7.10. The highest BCUT2D eigenvalue weighted by Crippen LogP contribution is 2.25. The van der Waals surface area contributed by atoms with E-state index in [4.69, 9.17) is 9.47 Å². The van der Waals surface area contributed by atoms with Gasteiger partial charge in [0.05, 0.1) is 14.2 Å². The van der Waals surface area contributed by atoms with Crippen molar-refractivity contribution in [3.05, 3.63) is 30.1 Å². The fourth-order valence-corrected chi connectivity index (χ4v) is 2.06. The third-order valence-corrected chi connectivity index (χ3v) is 3.10. The number of para-hydroxylation sites is 2. The lowest BCUT2D eigenvalue weighted by Gasteiger charge is -2.09. The lowest BCUT2D eigenvalue weighted by Crippen LogP contribution is -2.20. The first kappa shape index (κ1) is 15.7. The molecule has 0 aliphatic heterocycles. The fraction of sp³-hybridized carbons (Fsp3) is 0.231. The van der Waals surface area contributed by atoms with Crippen LogP contribution >= 0.6 is 11.5 Å². The molecule has 0 radical (unpaired) electrons. The molecular formula is C13H13N3O5S. The molecule has 8 nitrogen and oxygen atoms in total. The number of hydrogen-bond donors (Lipinski definition) is 1. The number of carbonyl (C=O) groups excluding carboxylic acids is 2. The summed E-state index contributed by atoms with van der Waals surface area (Å²) in [6.45, 7) is -0.229. The number of ether oxygens (including phenoxy) is 3. The predicted octanol–water partition coefficient (Wildman–Crippen LogP) is 1.35. The summed E-state index contributed by atoms with van der Waals surface area (Å²) in [6, 6.07) is 6.97. The van der Waals surface area contributed by atoms with Crippen LogP contribution in [0.25, 0.3) is 0 Å². The molecule has 1 heterocycles. The Bertz CT molecular complexity index is 673. The van der Waals surface area contributed by atoms with Crippen LogP contribution in [0.15, 0.2) is 24.3 Å². The zero-order valence-corrected chi connectivity index (χ0v) is 12.7.